The van der Waals surface area contributed by atoms with Crippen molar-refractivity contribution in [3.63, 3.8) is 0 Å². The molecule has 0 aromatic carbocycles. The van der Waals surface area contributed by atoms with Crippen LogP contribution in [0.4, 0.5) is 0 Å². The van der Waals surface area contributed by atoms with Gasteiger partial charge in [-0.05, 0) is 25.8 Å². The van der Waals surface area contributed by atoms with E-state index < -0.39 is 0 Å². The molecule has 0 amide bonds. The molecule has 3 nitrogen and oxygen atoms in total. The Hall–Kier alpha value is -0.440. The van der Waals surface area contributed by atoms with E-state index in [2.05, 4.69) is 10.5 Å². The van der Waals surface area contributed by atoms with Gasteiger partial charge in [0.25, 0.3) is 0 Å². The predicted octanol–water partition coefficient (Wildman–Crippen LogP) is 0.895. The highest BCUT2D eigenvalue weighted by molar-refractivity contribution is 5.10. The van der Waals surface area contributed by atoms with Gasteiger partial charge in [0.15, 0.2) is 0 Å². The summed E-state index contributed by atoms with van der Waals surface area (Å²) in [6, 6.07) is 0.139. The zero-order chi connectivity index (χ0) is 7.03. The first-order valence-corrected chi connectivity index (χ1v) is 3.91. The molecule has 10 heavy (non-hydrogen) atoms. The maximum absolute atomic E-state index is 10.2. The van der Waals surface area contributed by atoms with E-state index in [1.165, 1.54) is 12.8 Å². The van der Waals surface area contributed by atoms with E-state index in [0.29, 0.717) is 5.41 Å². The Balaban J connectivity index is 1.97. The molecule has 56 valence electrons. The first kappa shape index (κ1) is 6.28. The summed E-state index contributed by atoms with van der Waals surface area (Å²) in [6.45, 7) is 2.14. The molecule has 1 saturated carbocycles. The average molecular weight is 140 g/mol. The molecule has 1 aliphatic heterocycles. The highest BCUT2D eigenvalue weighted by atomic mass is 16.3. The molecular weight excluding hydrogens is 128 g/mol. The zero-order valence-electron chi connectivity index (χ0n) is 5.97. The number of hydrogen-bond acceptors (Lipinski definition) is 3. The second kappa shape index (κ2) is 2.02. The molecule has 0 aromatic heterocycles. The molecule has 0 radical (unpaired) electrons. The minimum Gasteiger partial charge on any atom is -0.316 e. The predicted molar refractivity (Wildman–Crippen MR) is 38.7 cm³/mol. The minimum absolute atomic E-state index is 0.139. The van der Waals surface area contributed by atoms with Gasteiger partial charge in [-0.2, -0.15) is 4.91 Å². The van der Waals surface area contributed by atoms with Crippen molar-refractivity contribution in [2.24, 2.45) is 10.6 Å². The van der Waals surface area contributed by atoms with E-state index in [0.717, 1.165) is 19.5 Å². The van der Waals surface area contributed by atoms with Crippen molar-refractivity contribution in [1.29, 1.82) is 0 Å². The molecule has 1 aliphatic carbocycles. The highest BCUT2D eigenvalue weighted by Gasteiger charge is 2.55. The Labute approximate surface area is 60.2 Å². The third-order valence-corrected chi connectivity index (χ3v) is 2.78. The number of nitrogens with one attached hydrogen (secondary N) is 1. The lowest BCUT2D eigenvalue weighted by atomic mass is 9.96. The molecule has 2 unspecified atom stereocenters. The summed E-state index contributed by atoms with van der Waals surface area (Å²) >= 11 is 0. The zero-order valence-corrected chi connectivity index (χ0v) is 5.97. The molecule has 1 spiro atoms. The summed E-state index contributed by atoms with van der Waals surface area (Å²) in [7, 11) is 0. The Morgan fingerprint density at radius 3 is 3.00 bits per heavy atom. The first-order chi connectivity index (χ1) is 4.87. The highest BCUT2D eigenvalue weighted by Crippen LogP contribution is 2.52. The lowest BCUT2D eigenvalue weighted by Crippen LogP contribution is -2.32. The number of piperidine rings is 1. The second-order valence-electron chi connectivity index (χ2n) is 3.47. The van der Waals surface area contributed by atoms with Gasteiger partial charge in [0.05, 0.1) is 6.04 Å². The summed E-state index contributed by atoms with van der Waals surface area (Å²) in [5.41, 5.74) is 0.306. The van der Waals surface area contributed by atoms with Gasteiger partial charge in [-0.15, -0.1) is 0 Å². The number of nitrogens with zero attached hydrogens (tertiary/aromatic N) is 1. The van der Waals surface area contributed by atoms with Crippen LogP contribution in [0.5, 0.6) is 0 Å². The molecule has 0 aromatic rings. The van der Waals surface area contributed by atoms with Crippen LogP contribution in [-0.4, -0.2) is 19.1 Å². The van der Waals surface area contributed by atoms with Gasteiger partial charge in [0.2, 0.25) is 0 Å². The van der Waals surface area contributed by atoms with Crippen molar-refractivity contribution >= 4 is 0 Å². The normalized spacial score (nSPS) is 45.4. The van der Waals surface area contributed by atoms with Crippen molar-refractivity contribution < 1.29 is 0 Å². The lowest BCUT2D eigenvalue weighted by molar-refractivity contribution is 0.347. The smallest absolute Gasteiger partial charge is 0.0995 e. The molecular formula is C7H12N2O. The Morgan fingerprint density at radius 1 is 1.60 bits per heavy atom. The molecule has 0 bridgehead atoms. The summed E-state index contributed by atoms with van der Waals surface area (Å²) in [5.74, 6) is 0. The van der Waals surface area contributed by atoms with Gasteiger partial charge in [0, 0.05) is 12.0 Å². The van der Waals surface area contributed by atoms with Crippen LogP contribution in [0.15, 0.2) is 5.18 Å². The molecule has 2 rings (SSSR count). The van der Waals surface area contributed by atoms with Crippen LogP contribution in [0, 0.1) is 10.3 Å². The monoisotopic (exact) mass is 140 g/mol. The number of rotatable bonds is 1. The van der Waals surface area contributed by atoms with Crippen LogP contribution in [0.25, 0.3) is 0 Å². The lowest BCUT2D eigenvalue weighted by Gasteiger charge is -2.21. The second-order valence-corrected chi connectivity index (χ2v) is 3.47. The van der Waals surface area contributed by atoms with E-state index in [-0.39, 0.29) is 6.04 Å². The van der Waals surface area contributed by atoms with Crippen LogP contribution < -0.4 is 5.32 Å². The van der Waals surface area contributed by atoms with Gasteiger partial charge in [0.1, 0.15) is 0 Å². The van der Waals surface area contributed by atoms with Crippen molar-refractivity contribution in [3.05, 3.63) is 4.91 Å². The van der Waals surface area contributed by atoms with E-state index >= 15 is 0 Å². The SMILES string of the molecule is O=NC1CC12CCCNC2. The summed E-state index contributed by atoms with van der Waals surface area (Å²) in [5, 5.41) is 6.39. The first-order valence-electron chi connectivity index (χ1n) is 3.91. The van der Waals surface area contributed by atoms with Crippen LogP contribution in [-0.2, 0) is 0 Å². The van der Waals surface area contributed by atoms with E-state index in [4.69, 9.17) is 0 Å². The fraction of sp³-hybridized carbons (Fsp3) is 1.00. The maximum atomic E-state index is 10.2. The fourth-order valence-corrected chi connectivity index (χ4v) is 1.93. The van der Waals surface area contributed by atoms with E-state index in [1.54, 1.807) is 0 Å². The molecule has 2 fully saturated rings. The Morgan fingerprint density at radius 2 is 2.50 bits per heavy atom. The van der Waals surface area contributed by atoms with Crippen molar-refractivity contribution in [3.8, 4) is 0 Å². The molecule has 2 aliphatic rings. The van der Waals surface area contributed by atoms with Crippen LogP contribution in [0.3, 0.4) is 0 Å². The van der Waals surface area contributed by atoms with E-state index in [9.17, 15) is 4.91 Å². The Bertz CT molecular complexity index is 152. The Kier molecular flexibility index (Phi) is 1.27. The molecule has 3 heteroatoms. The van der Waals surface area contributed by atoms with Crippen molar-refractivity contribution in [2.75, 3.05) is 13.1 Å². The minimum atomic E-state index is 0.139. The number of nitroso groups, excluding NO2 is 1. The summed E-state index contributed by atoms with van der Waals surface area (Å²) in [6.07, 6.45) is 3.45. The van der Waals surface area contributed by atoms with Gasteiger partial charge in [-0.3, -0.25) is 0 Å². The van der Waals surface area contributed by atoms with Gasteiger partial charge < -0.3 is 5.32 Å². The van der Waals surface area contributed by atoms with Gasteiger partial charge >= 0.3 is 0 Å². The van der Waals surface area contributed by atoms with Crippen LogP contribution in [0.1, 0.15) is 19.3 Å². The van der Waals surface area contributed by atoms with Crippen LogP contribution >= 0.6 is 0 Å². The fourth-order valence-electron chi connectivity index (χ4n) is 1.93. The number of hydrogen-bond donors (Lipinski definition) is 1. The van der Waals surface area contributed by atoms with E-state index in [1.807, 2.05) is 0 Å². The van der Waals surface area contributed by atoms with Crippen molar-refractivity contribution in [2.45, 2.75) is 25.3 Å². The largest absolute Gasteiger partial charge is 0.316 e. The maximum Gasteiger partial charge on any atom is 0.0995 e. The molecule has 1 heterocycles. The quantitative estimate of drug-likeness (QED) is 0.550. The third-order valence-electron chi connectivity index (χ3n) is 2.78. The summed E-state index contributed by atoms with van der Waals surface area (Å²) in [4.78, 5) is 10.2. The van der Waals surface area contributed by atoms with Crippen molar-refractivity contribution in [1.82, 2.24) is 5.32 Å². The van der Waals surface area contributed by atoms with Gasteiger partial charge in [-0.25, -0.2) is 0 Å². The molecule has 1 saturated heterocycles. The molecule has 2 atom stereocenters. The topological polar surface area (TPSA) is 41.5 Å². The molecule has 1 N–H and O–H groups in total. The van der Waals surface area contributed by atoms with Crippen LogP contribution in [0.2, 0.25) is 0 Å². The summed E-state index contributed by atoms with van der Waals surface area (Å²) < 4.78 is 0. The third kappa shape index (κ3) is 0.770. The average Bonchev–Trinajstić information content (AvgIpc) is 2.65. The standard InChI is InChI=1S/C7H12N2O/c10-9-6-4-7(6)2-1-3-8-5-7/h6,8H,1-5H2. The van der Waals surface area contributed by atoms with Gasteiger partial charge in [-0.1, -0.05) is 5.18 Å².